The molecule has 0 aromatic carbocycles. The maximum atomic E-state index is 13.0. The minimum atomic E-state index is -1.30. The van der Waals surface area contributed by atoms with Crippen molar-refractivity contribution in [3.8, 4) is 0 Å². The molecule has 3 aromatic heterocycles. The number of furan rings is 1. The lowest BCUT2D eigenvalue weighted by Crippen LogP contribution is -2.71. The van der Waals surface area contributed by atoms with Crippen LogP contribution in [0.4, 0.5) is 9.52 Å². The van der Waals surface area contributed by atoms with Crippen molar-refractivity contribution in [2.45, 2.75) is 15.6 Å². The molecule has 1 saturated heterocycles. The first-order valence-electron chi connectivity index (χ1n) is 10.8. The summed E-state index contributed by atoms with van der Waals surface area (Å²) < 4.78 is 19.1. The molecule has 3 aromatic rings. The van der Waals surface area contributed by atoms with Crippen molar-refractivity contribution < 1.29 is 33.1 Å². The van der Waals surface area contributed by atoms with Gasteiger partial charge in [-0.2, -0.15) is 0 Å². The fourth-order valence-electron chi connectivity index (χ4n) is 3.78. The molecule has 4 N–H and O–H groups in total. The number of rotatable bonds is 9. The van der Waals surface area contributed by atoms with Crippen molar-refractivity contribution in [2.75, 3.05) is 18.3 Å². The standard InChI is InChI=1S/C22H16FN5O7S4/c23-8-35-27-14(10-7-38-22(24)25-10)18(30)26-15-19(31)28-16(21(32)33)9(6-37-20(15)28)2-4-36-13-5-11(29)17-12(39-13)1-3-34-17/h1-5,7,15,20H,6,8H2,(H2,24,25)(H,26,30)(H,32,33)/b4-2+,27-14-/t15?,20-/m1/s1. The van der Waals surface area contributed by atoms with E-state index in [9.17, 15) is 28.7 Å². The summed E-state index contributed by atoms with van der Waals surface area (Å²) in [6.07, 6.45) is 3.02. The SMILES string of the molecule is Nc1nc(/C(=N/OCF)C(=O)NC2C(=O)N3C(C(=O)O)=C(/C=C/Sc4cc(=O)c5occc5s4)CS[C@H]23)cs1. The second-order valence-electron chi connectivity index (χ2n) is 7.75. The van der Waals surface area contributed by atoms with Gasteiger partial charge in [-0.05, 0) is 23.1 Å². The Kier molecular flexibility index (Phi) is 7.74. The van der Waals surface area contributed by atoms with E-state index in [0.717, 1.165) is 16.2 Å². The van der Waals surface area contributed by atoms with E-state index in [4.69, 9.17) is 10.2 Å². The molecule has 2 atom stereocenters. The molecule has 0 bridgehead atoms. The number of alkyl halides is 1. The summed E-state index contributed by atoms with van der Waals surface area (Å²) in [5, 5.41) is 18.4. The number of nitrogens with zero attached hydrogens (tertiary/aromatic N) is 3. The number of carboxylic acids is 1. The molecule has 17 heteroatoms. The van der Waals surface area contributed by atoms with E-state index in [0.29, 0.717) is 14.5 Å². The monoisotopic (exact) mass is 609 g/mol. The first kappa shape index (κ1) is 26.9. The largest absolute Gasteiger partial charge is 0.477 e. The van der Waals surface area contributed by atoms with E-state index in [2.05, 4.69) is 20.3 Å². The Labute approximate surface area is 234 Å². The number of fused-ring (bicyclic) bond motifs is 2. The number of carbonyl (C=O) groups is 3. The van der Waals surface area contributed by atoms with Crippen LogP contribution in [0.5, 0.6) is 0 Å². The number of nitrogens with two attached hydrogens (primary N) is 1. The third-order valence-electron chi connectivity index (χ3n) is 5.44. The number of carboxylic acid groups (broad SMARTS) is 1. The Morgan fingerprint density at radius 3 is 2.97 bits per heavy atom. The molecule has 2 aliphatic heterocycles. The second-order valence-corrected chi connectivity index (χ2v) is 12.0. The highest BCUT2D eigenvalue weighted by molar-refractivity contribution is 8.04. The van der Waals surface area contributed by atoms with Crippen molar-refractivity contribution >= 4 is 85.1 Å². The zero-order valence-corrected chi connectivity index (χ0v) is 22.6. The lowest BCUT2D eigenvalue weighted by molar-refractivity contribution is -0.150. The zero-order chi connectivity index (χ0) is 27.7. The predicted molar refractivity (Wildman–Crippen MR) is 145 cm³/mol. The number of hydrogen-bond acceptors (Lipinski definition) is 13. The summed E-state index contributed by atoms with van der Waals surface area (Å²) >= 11 is 4.88. The smallest absolute Gasteiger partial charge is 0.352 e. The molecule has 1 unspecified atom stereocenters. The number of β-lactam (4-membered cyclic amide) rings is 1. The average Bonchev–Trinajstić information content (AvgIpc) is 3.56. The van der Waals surface area contributed by atoms with Crippen molar-refractivity contribution in [3.63, 3.8) is 0 Å². The fraction of sp³-hybridized carbons (Fsp3) is 0.182. The Bertz CT molecular complexity index is 1630. The molecule has 5 heterocycles. The number of aliphatic carboxylic acids is 1. The van der Waals surface area contributed by atoms with Crippen LogP contribution in [0.1, 0.15) is 5.69 Å². The molecule has 2 aliphatic rings. The van der Waals surface area contributed by atoms with Crippen LogP contribution >= 0.6 is 46.2 Å². The number of nitrogens with one attached hydrogen (secondary N) is 1. The van der Waals surface area contributed by atoms with Crippen LogP contribution in [-0.2, 0) is 19.2 Å². The summed E-state index contributed by atoms with van der Waals surface area (Å²) in [5.41, 5.74) is 5.47. The first-order valence-corrected chi connectivity index (χ1v) is 14.4. The maximum absolute atomic E-state index is 13.0. The Balaban J connectivity index is 1.31. The number of thiazole rings is 1. The third-order valence-corrected chi connectivity index (χ3v) is 9.43. The molecule has 12 nitrogen and oxygen atoms in total. The summed E-state index contributed by atoms with van der Waals surface area (Å²) in [6, 6.07) is 2.08. The molecule has 39 heavy (non-hydrogen) atoms. The third kappa shape index (κ3) is 5.29. The lowest BCUT2D eigenvalue weighted by Gasteiger charge is -2.49. The summed E-state index contributed by atoms with van der Waals surface area (Å²) in [7, 11) is 0. The van der Waals surface area contributed by atoms with Gasteiger partial charge in [-0.1, -0.05) is 16.9 Å². The molecule has 2 amide bonds. The van der Waals surface area contributed by atoms with Gasteiger partial charge in [0.2, 0.25) is 5.43 Å². The first-order chi connectivity index (χ1) is 18.8. The van der Waals surface area contributed by atoms with Gasteiger partial charge in [0.05, 0.1) is 15.2 Å². The minimum absolute atomic E-state index is 0.0383. The quantitative estimate of drug-likeness (QED) is 0.141. The maximum Gasteiger partial charge on any atom is 0.352 e. The van der Waals surface area contributed by atoms with E-state index >= 15 is 0 Å². The van der Waals surface area contributed by atoms with Crippen LogP contribution in [0.2, 0.25) is 0 Å². The van der Waals surface area contributed by atoms with Crippen LogP contribution < -0.4 is 16.5 Å². The minimum Gasteiger partial charge on any atom is -0.477 e. The number of carbonyl (C=O) groups excluding carboxylic acids is 2. The van der Waals surface area contributed by atoms with Crippen LogP contribution in [0, 0.1) is 0 Å². The van der Waals surface area contributed by atoms with Crippen molar-refractivity contribution in [1.82, 2.24) is 15.2 Å². The van der Waals surface area contributed by atoms with E-state index in [1.165, 1.54) is 52.6 Å². The number of aromatic nitrogens is 1. The van der Waals surface area contributed by atoms with Gasteiger partial charge in [-0.3, -0.25) is 19.3 Å². The Hall–Kier alpha value is -3.67. The molecule has 0 aliphatic carbocycles. The fourth-order valence-corrected chi connectivity index (χ4v) is 7.56. The number of amides is 2. The average molecular weight is 610 g/mol. The Morgan fingerprint density at radius 2 is 2.26 bits per heavy atom. The molecule has 0 saturated carbocycles. The van der Waals surface area contributed by atoms with E-state index in [1.807, 2.05) is 0 Å². The van der Waals surface area contributed by atoms with Gasteiger partial charge in [-0.15, -0.1) is 34.4 Å². The topological polar surface area (TPSA) is 177 Å². The zero-order valence-electron chi connectivity index (χ0n) is 19.4. The van der Waals surface area contributed by atoms with Crippen LogP contribution in [-0.4, -0.2) is 62.5 Å². The molecule has 1 fully saturated rings. The second kappa shape index (κ2) is 11.2. The number of oxime groups is 1. The van der Waals surface area contributed by atoms with Gasteiger partial charge in [0.25, 0.3) is 18.7 Å². The molecule has 0 spiro atoms. The Morgan fingerprint density at radius 1 is 1.44 bits per heavy atom. The van der Waals surface area contributed by atoms with Gasteiger partial charge in [0.1, 0.15) is 22.8 Å². The molecule has 0 radical (unpaired) electrons. The van der Waals surface area contributed by atoms with Crippen molar-refractivity contribution in [3.05, 3.63) is 62.4 Å². The molecule has 5 rings (SSSR count). The van der Waals surface area contributed by atoms with Gasteiger partial charge >= 0.3 is 5.97 Å². The highest BCUT2D eigenvalue weighted by atomic mass is 32.2. The number of allylic oxidation sites excluding steroid dienone is 1. The predicted octanol–water partition coefficient (Wildman–Crippen LogP) is 2.59. The lowest BCUT2D eigenvalue weighted by atomic mass is 10.0. The normalized spacial score (nSPS) is 19.4. The summed E-state index contributed by atoms with van der Waals surface area (Å²) in [6.45, 7) is -1.29. The highest BCUT2D eigenvalue weighted by Crippen LogP contribution is 2.41. The number of nitrogen functional groups attached to an aromatic ring is 1. The van der Waals surface area contributed by atoms with Crippen molar-refractivity contribution in [1.29, 1.82) is 0 Å². The van der Waals surface area contributed by atoms with E-state index < -0.39 is 36.1 Å². The van der Waals surface area contributed by atoms with E-state index in [1.54, 1.807) is 17.6 Å². The van der Waals surface area contributed by atoms with Crippen LogP contribution in [0.15, 0.2) is 65.1 Å². The number of thioether (sulfide) groups is 2. The van der Waals surface area contributed by atoms with Crippen LogP contribution in [0.3, 0.4) is 0 Å². The molecular formula is C22H16FN5O7S4. The number of halogens is 1. The van der Waals surface area contributed by atoms with Crippen LogP contribution in [0.25, 0.3) is 10.3 Å². The summed E-state index contributed by atoms with van der Waals surface area (Å²) in [4.78, 5) is 59.5. The highest BCUT2D eigenvalue weighted by Gasteiger charge is 2.54. The van der Waals surface area contributed by atoms with Crippen molar-refractivity contribution in [2.24, 2.45) is 5.16 Å². The molecule has 202 valence electrons. The summed E-state index contributed by atoms with van der Waals surface area (Å²) in [5.74, 6) is -2.55. The number of hydrogen-bond donors (Lipinski definition) is 3. The van der Waals surface area contributed by atoms with Gasteiger partial charge in [-0.25, -0.2) is 14.2 Å². The van der Waals surface area contributed by atoms with Gasteiger partial charge < -0.3 is 25.4 Å². The van der Waals surface area contributed by atoms with Gasteiger partial charge in [0.15, 0.2) is 16.4 Å². The number of anilines is 1. The van der Waals surface area contributed by atoms with E-state index in [-0.39, 0.29) is 39.0 Å². The molecular weight excluding hydrogens is 594 g/mol. The van der Waals surface area contributed by atoms with Gasteiger partial charge in [0, 0.05) is 17.2 Å².